The van der Waals surface area contributed by atoms with Gasteiger partial charge in [0.15, 0.2) is 11.5 Å². The third kappa shape index (κ3) is 4.89. The number of carboxylic acid groups (broad SMARTS) is 1. The lowest BCUT2D eigenvalue weighted by Gasteiger charge is -2.25. The summed E-state index contributed by atoms with van der Waals surface area (Å²) in [6.07, 6.45) is -0.680. The Balaban J connectivity index is 2.19. The van der Waals surface area contributed by atoms with Gasteiger partial charge in [0, 0.05) is 5.92 Å². The molecular weight excluding hydrogens is 354 g/mol. The molecule has 0 aromatic heterocycles. The van der Waals surface area contributed by atoms with Crippen molar-refractivity contribution in [2.75, 3.05) is 0 Å². The zero-order chi connectivity index (χ0) is 20.1. The van der Waals surface area contributed by atoms with Gasteiger partial charge in [-0.3, -0.25) is 4.79 Å². The van der Waals surface area contributed by atoms with E-state index in [1.807, 2.05) is 0 Å². The van der Waals surface area contributed by atoms with Crippen molar-refractivity contribution in [3.05, 3.63) is 53.6 Å². The molecule has 2 rings (SSSR count). The molecule has 0 aliphatic heterocycles. The van der Waals surface area contributed by atoms with Gasteiger partial charge in [-0.15, -0.1) is 0 Å². The van der Waals surface area contributed by atoms with Crippen molar-refractivity contribution in [1.29, 1.82) is 0 Å². The van der Waals surface area contributed by atoms with Gasteiger partial charge in [-0.1, -0.05) is 18.2 Å². The lowest BCUT2D eigenvalue weighted by atomic mass is 9.87. The minimum atomic E-state index is -1.32. The molecule has 0 fully saturated rings. The Morgan fingerprint density at radius 1 is 1.04 bits per heavy atom. The Hall–Kier alpha value is -3.26. The summed E-state index contributed by atoms with van der Waals surface area (Å²) in [6.45, 7) is 1.57. The summed E-state index contributed by atoms with van der Waals surface area (Å²) < 4.78 is 5.29. The fourth-order valence-electron chi connectivity index (χ4n) is 2.73. The van der Waals surface area contributed by atoms with Crippen LogP contribution in [0.3, 0.4) is 0 Å². The maximum Gasteiger partial charge on any atom is 0.342 e. The third-order valence-corrected chi connectivity index (χ3v) is 4.16. The number of hydrogen-bond acceptors (Lipinski definition) is 7. The summed E-state index contributed by atoms with van der Waals surface area (Å²) in [5, 5.41) is 38.1. The number of carbonyl (C=O) groups is 2. The number of para-hydroxylation sites is 1. The minimum absolute atomic E-state index is 0.00860. The lowest BCUT2D eigenvalue weighted by Crippen LogP contribution is -2.38. The molecule has 0 saturated carbocycles. The summed E-state index contributed by atoms with van der Waals surface area (Å²) in [5.74, 6) is -3.78. The highest BCUT2D eigenvalue weighted by atomic mass is 16.5. The van der Waals surface area contributed by atoms with Crippen molar-refractivity contribution >= 4 is 11.9 Å². The number of benzene rings is 2. The van der Waals surface area contributed by atoms with Crippen molar-refractivity contribution in [1.82, 2.24) is 0 Å². The van der Waals surface area contributed by atoms with Gasteiger partial charge in [0.1, 0.15) is 23.5 Å². The largest absolute Gasteiger partial charge is 0.507 e. The summed E-state index contributed by atoms with van der Waals surface area (Å²) in [7, 11) is 0. The van der Waals surface area contributed by atoms with Gasteiger partial charge in [-0.25, -0.2) is 4.79 Å². The van der Waals surface area contributed by atoms with E-state index in [4.69, 9.17) is 10.5 Å². The predicted octanol–water partition coefficient (Wildman–Crippen LogP) is 1.93. The molecule has 0 radical (unpaired) electrons. The van der Waals surface area contributed by atoms with Gasteiger partial charge in [-0.05, 0) is 43.2 Å². The summed E-state index contributed by atoms with van der Waals surface area (Å²) in [6, 6.07) is 8.47. The predicted molar refractivity (Wildman–Crippen MR) is 95.7 cm³/mol. The van der Waals surface area contributed by atoms with Crippen LogP contribution in [0.4, 0.5) is 0 Å². The van der Waals surface area contributed by atoms with Crippen LogP contribution in [0.25, 0.3) is 0 Å². The van der Waals surface area contributed by atoms with Gasteiger partial charge < -0.3 is 30.9 Å². The number of esters is 1. The third-order valence-electron chi connectivity index (χ3n) is 4.16. The van der Waals surface area contributed by atoms with Gasteiger partial charge in [0.25, 0.3) is 0 Å². The summed E-state index contributed by atoms with van der Waals surface area (Å²) in [5.41, 5.74) is 6.14. The van der Waals surface area contributed by atoms with Crippen molar-refractivity contribution in [2.45, 2.75) is 31.4 Å². The van der Waals surface area contributed by atoms with Crippen LogP contribution in [0.2, 0.25) is 0 Å². The first-order chi connectivity index (χ1) is 12.7. The number of phenolic OH excluding ortho intramolecular Hbond substituents is 3. The molecule has 3 atom stereocenters. The molecule has 27 heavy (non-hydrogen) atoms. The fraction of sp³-hybridized carbons (Fsp3) is 0.263. The molecule has 0 spiro atoms. The van der Waals surface area contributed by atoms with Crippen LogP contribution >= 0.6 is 0 Å². The lowest BCUT2D eigenvalue weighted by molar-refractivity contribution is -0.139. The van der Waals surface area contributed by atoms with Crippen molar-refractivity contribution in [2.24, 2.45) is 5.73 Å². The van der Waals surface area contributed by atoms with E-state index in [9.17, 15) is 30.0 Å². The molecule has 1 unspecified atom stereocenters. The van der Waals surface area contributed by atoms with E-state index in [0.29, 0.717) is 5.56 Å². The Kier molecular flexibility index (Phi) is 6.25. The van der Waals surface area contributed by atoms with Crippen molar-refractivity contribution in [3.8, 4) is 17.2 Å². The molecule has 0 aliphatic carbocycles. The van der Waals surface area contributed by atoms with Gasteiger partial charge in [0.05, 0.1) is 0 Å². The second-order valence-electron chi connectivity index (χ2n) is 6.19. The average molecular weight is 375 g/mol. The first kappa shape index (κ1) is 20.1. The molecule has 0 aliphatic rings. The monoisotopic (exact) mass is 375 g/mol. The minimum Gasteiger partial charge on any atom is -0.507 e. The standard InChI is InChI=1S/C19H21NO7/c1-10(27-19(26)12-4-2-3-5-14(12)21)8-13(17(20)18(24)25)11-6-7-15(22)16(23)9-11/h2-7,9-10,13,17,21-23H,8,20H2,1H3,(H,24,25)/t10-,13?,17+/m1/s1. The van der Waals surface area contributed by atoms with E-state index in [1.165, 1.54) is 30.3 Å². The SMILES string of the molecule is C[C@H](CC(c1ccc(O)c(O)c1)[C@H](N)C(=O)O)OC(=O)c1ccccc1O. The number of carbonyl (C=O) groups excluding carboxylic acids is 1. The molecular formula is C19H21NO7. The number of rotatable bonds is 7. The maximum atomic E-state index is 12.2. The summed E-state index contributed by atoms with van der Waals surface area (Å²) >= 11 is 0. The molecule has 2 aromatic carbocycles. The maximum absolute atomic E-state index is 12.2. The second kappa shape index (κ2) is 8.41. The zero-order valence-corrected chi connectivity index (χ0v) is 14.6. The molecule has 0 saturated heterocycles. The van der Waals surface area contributed by atoms with Crippen LogP contribution < -0.4 is 5.73 Å². The Bertz CT molecular complexity index is 837. The zero-order valence-electron chi connectivity index (χ0n) is 14.6. The normalized spacial score (nSPS) is 14.1. The van der Waals surface area contributed by atoms with Crippen molar-refractivity contribution < 1.29 is 34.8 Å². The van der Waals surface area contributed by atoms with E-state index < -0.39 is 35.8 Å². The van der Waals surface area contributed by atoms with Gasteiger partial charge in [-0.2, -0.15) is 0 Å². The molecule has 0 amide bonds. The number of ether oxygens (including phenoxy) is 1. The van der Waals surface area contributed by atoms with Gasteiger partial charge in [0.2, 0.25) is 0 Å². The molecule has 0 bridgehead atoms. The van der Waals surface area contributed by atoms with Crippen LogP contribution in [0.15, 0.2) is 42.5 Å². The Morgan fingerprint density at radius 3 is 2.30 bits per heavy atom. The number of aromatic hydroxyl groups is 3. The molecule has 6 N–H and O–H groups in total. The van der Waals surface area contributed by atoms with Crippen molar-refractivity contribution in [3.63, 3.8) is 0 Å². The number of phenols is 3. The number of hydrogen-bond donors (Lipinski definition) is 5. The smallest absolute Gasteiger partial charge is 0.342 e. The molecule has 8 heteroatoms. The quantitative estimate of drug-likeness (QED) is 0.364. The highest BCUT2D eigenvalue weighted by Crippen LogP contribution is 2.32. The number of aliphatic carboxylic acids is 1. The van der Waals surface area contributed by atoms with E-state index >= 15 is 0 Å². The van der Waals surface area contributed by atoms with Crippen LogP contribution in [0.1, 0.15) is 35.2 Å². The molecule has 8 nitrogen and oxygen atoms in total. The van der Waals surface area contributed by atoms with E-state index in [1.54, 1.807) is 19.1 Å². The highest BCUT2D eigenvalue weighted by molar-refractivity contribution is 5.92. The average Bonchev–Trinajstić information content (AvgIpc) is 2.61. The fourth-order valence-corrected chi connectivity index (χ4v) is 2.73. The van der Waals surface area contributed by atoms with Crippen LogP contribution in [-0.2, 0) is 9.53 Å². The Labute approximate surface area is 155 Å². The second-order valence-corrected chi connectivity index (χ2v) is 6.19. The molecule has 144 valence electrons. The van der Waals surface area contributed by atoms with Crippen LogP contribution in [-0.4, -0.2) is 44.5 Å². The van der Waals surface area contributed by atoms with Crippen LogP contribution in [0.5, 0.6) is 17.2 Å². The highest BCUT2D eigenvalue weighted by Gasteiger charge is 2.29. The Morgan fingerprint density at radius 2 is 1.70 bits per heavy atom. The van der Waals surface area contributed by atoms with E-state index in [-0.39, 0.29) is 23.5 Å². The summed E-state index contributed by atoms with van der Waals surface area (Å²) in [4.78, 5) is 23.6. The number of carboxylic acids is 1. The first-order valence-corrected chi connectivity index (χ1v) is 8.20. The first-order valence-electron chi connectivity index (χ1n) is 8.20. The van der Waals surface area contributed by atoms with E-state index in [0.717, 1.165) is 0 Å². The molecule has 2 aromatic rings. The van der Waals surface area contributed by atoms with Crippen LogP contribution in [0, 0.1) is 0 Å². The van der Waals surface area contributed by atoms with Gasteiger partial charge >= 0.3 is 11.9 Å². The van der Waals surface area contributed by atoms with E-state index in [2.05, 4.69) is 0 Å². The topological polar surface area (TPSA) is 150 Å². The molecule has 0 heterocycles. The number of nitrogens with two attached hydrogens (primary N) is 1.